The third-order valence-corrected chi connectivity index (χ3v) is 9.12. The van der Waals surface area contributed by atoms with E-state index in [-0.39, 0.29) is 23.5 Å². The van der Waals surface area contributed by atoms with E-state index in [9.17, 15) is 9.59 Å². The van der Waals surface area contributed by atoms with Crippen LogP contribution in [0.4, 0.5) is 11.4 Å². The molecule has 1 aliphatic heterocycles. The van der Waals surface area contributed by atoms with Gasteiger partial charge in [-0.3, -0.25) is 9.59 Å². The SMILES string of the molecule is C[C@H]1[C@H](Nc2cnn(CC(=O)NCc3cccc(N4CCOCC4)c3)c(=O)c2Cl)C[C@H]2C[C@@H]1C2(C)C. The van der Waals surface area contributed by atoms with Crippen LogP contribution < -0.4 is 21.1 Å². The minimum Gasteiger partial charge on any atom is -0.379 e. The highest BCUT2D eigenvalue weighted by Gasteiger charge is 2.56. The van der Waals surface area contributed by atoms with Crippen molar-refractivity contribution in [2.75, 3.05) is 36.5 Å². The fourth-order valence-corrected chi connectivity index (χ4v) is 6.50. The maximum Gasteiger partial charge on any atom is 0.288 e. The Balaban J connectivity index is 1.17. The number of nitrogens with one attached hydrogen (secondary N) is 2. The van der Waals surface area contributed by atoms with Gasteiger partial charge in [0.2, 0.25) is 5.91 Å². The fraction of sp³-hybridized carbons (Fsp3) is 0.593. The first kappa shape index (κ1) is 25.1. The minimum atomic E-state index is -0.458. The number of morpholine rings is 1. The molecule has 4 aliphatic rings. The van der Waals surface area contributed by atoms with Crippen molar-refractivity contribution < 1.29 is 9.53 Å². The quantitative estimate of drug-likeness (QED) is 0.589. The van der Waals surface area contributed by atoms with Crippen LogP contribution in [0.2, 0.25) is 5.02 Å². The first-order valence-corrected chi connectivity index (χ1v) is 13.3. The third kappa shape index (κ3) is 4.85. The van der Waals surface area contributed by atoms with Gasteiger partial charge in [-0.15, -0.1) is 0 Å². The van der Waals surface area contributed by atoms with E-state index in [2.05, 4.69) is 53.5 Å². The predicted molar refractivity (Wildman–Crippen MR) is 141 cm³/mol. The summed E-state index contributed by atoms with van der Waals surface area (Å²) >= 11 is 6.44. The molecule has 194 valence electrons. The molecular weight excluding hydrogens is 478 g/mol. The molecule has 0 radical (unpaired) electrons. The molecule has 1 amide bonds. The van der Waals surface area contributed by atoms with E-state index < -0.39 is 5.56 Å². The van der Waals surface area contributed by atoms with Crippen LogP contribution in [0.1, 0.15) is 39.2 Å². The van der Waals surface area contributed by atoms with Crippen molar-refractivity contribution in [3.05, 3.63) is 51.4 Å². The zero-order chi connectivity index (χ0) is 25.4. The molecule has 4 fully saturated rings. The average molecular weight is 514 g/mol. The lowest BCUT2D eigenvalue weighted by molar-refractivity contribution is -0.122. The molecular formula is C27H36ClN5O3. The van der Waals surface area contributed by atoms with Crippen LogP contribution in [0.25, 0.3) is 0 Å². The highest BCUT2D eigenvalue weighted by atomic mass is 35.5. The van der Waals surface area contributed by atoms with Crippen molar-refractivity contribution in [3.63, 3.8) is 0 Å². The number of nitrogens with zero attached hydrogens (tertiary/aromatic N) is 3. The van der Waals surface area contributed by atoms with Gasteiger partial charge in [0.15, 0.2) is 0 Å². The second-order valence-corrected chi connectivity index (χ2v) is 11.5. The summed E-state index contributed by atoms with van der Waals surface area (Å²) in [6.45, 7) is 10.3. The minimum absolute atomic E-state index is 0.0849. The van der Waals surface area contributed by atoms with Crippen molar-refractivity contribution in [2.24, 2.45) is 23.2 Å². The zero-order valence-electron chi connectivity index (χ0n) is 21.3. The molecule has 8 nitrogen and oxygen atoms in total. The average Bonchev–Trinajstić information content (AvgIpc) is 2.88. The Morgan fingerprint density at radius 2 is 2.03 bits per heavy atom. The molecule has 2 N–H and O–H groups in total. The Kier molecular flexibility index (Phi) is 7.01. The highest BCUT2D eigenvalue weighted by molar-refractivity contribution is 6.32. The van der Waals surface area contributed by atoms with Crippen LogP contribution in [0.15, 0.2) is 35.3 Å². The summed E-state index contributed by atoms with van der Waals surface area (Å²) < 4.78 is 6.55. The van der Waals surface area contributed by atoms with Crippen molar-refractivity contribution in [1.82, 2.24) is 15.1 Å². The Morgan fingerprint density at radius 1 is 1.25 bits per heavy atom. The summed E-state index contributed by atoms with van der Waals surface area (Å²) in [4.78, 5) is 27.7. The van der Waals surface area contributed by atoms with Gasteiger partial charge < -0.3 is 20.3 Å². The van der Waals surface area contributed by atoms with E-state index in [1.165, 1.54) is 6.42 Å². The molecule has 9 heteroatoms. The van der Waals surface area contributed by atoms with E-state index in [1.807, 2.05) is 12.1 Å². The lowest BCUT2D eigenvalue weighted by atomic mass is 9.45. The number of carbonyl (C=O) groups is 1. The number of anilines is 2. The van der Waals surface area contributed by atoms with Crippen LogP contribution in [0.5, 0.6) is 0 Å². The van der Waals surface area contributed by atoms with E-state index in [0.29, 0.717) is 35.4 Å². The first-order chi connectivity index (χ1) is 17.2. The molecule has 0 unspecified atom stereocenters. The number of ether oxygens (including phenoxy) is 1. The Hall–Kier alpha value is -2.58. The number of carbonyl (C=O) groups excluding carboxylic acids is 1. The summed E-state index contributed by atoms with van der Waals surface area (Å²) in [5, 5.41) is 10.7. The molecule has 4 atom stereocenters. The Morgan fingerprint density at radius 3 is 2.75 bits per heavy atom. The smallest absolute Gasteiger partial charge is 0.288 e. The molecule has 0 spiro atoms. The number of hydrogen-bond acceptors (Lipinski definition) is 6. The largest absolute Gasteiger partial charge is 0.379 e. The van der Waals surface area contributed by atoms with Crippen LogP contribution in [0, 0.1) is 23.2 Å². The summed E-state index contributed by atoms with van der Waals surface area (Å²) in [5.74, 6) is 1.58. The lowest BCUT2D eigenvalue weighted by Crippen LogP contribution is -2.58. The number of amides is 1. The predicted octanol–water partition coefficient (Wildman–Crippen LogP) is 3.53. The molecule has 1 aromatic carbocycles. The summed E-state index contributed by atoms with van der Waals surface area (Å²) in [5.41, 5.74) is 2.59. The monoisotopic (exact) mass is 513 g/mol. The molecule has 1 aromatic heterocycles. The van der Waals surface area contributed by atoms with E-state index in [0.717, 1.165) is 48.7 Å². The highest BCUT2D eigenvalue weighted by Crippen LogP contribution is 2.61. The van der Waals surface area contributed by atoms with Crippen LogP contribution in [-0.4, -0.2) is 48.0 Å². The van der Waals surface area contributed by atoms with Crippen molar-refractivity contribution in [1.29, 1.82) is 0 Å². The van der Waals surface area contributed by atoms with E-state index in [4.69, 9.17) is 16.3 Å². The van der Waals surface area contributed by atoms with Crippen molar-refractivity contribution in [3.8, 4) is 0 Å². The van der Waals surface area contributed by atoms with Gasteiger partial charge in [-0.05, 0) is 53.7 Å². The van der Waals surface area contributed by atoms with E-state index >= 15 is 0 Å². The van der Waals surface area contributed by atoms with E-state index in [1.54, 1.807) is 6.20 Å². The fourth-order valence-electron chi connectivity index (χ4n) is 6.30. The number of rotatable bonds is 7. The van der Waals surface area contributed by atoms with Gasteiger partial charge >= 0.3 is 0 Å². The van der Waals surface area contributed by atoms with Gasteiger partial charge in [0.1, 0.15) is 11.6 Å². The topological polar surface area (TPSA) is 88.5 Å². The zero-order valence-corrected chi connectivity index (χ0v) is 22.1. The number of aromatic nitrogens is 2. The number of benzene rings is 1. The van der Waals surface area contributed by atoms with Crippen LogP contribution in [-0.2, 0) is 22.6 Å². The summed E-state index contributed by atoms with van der Waals surface area (Å²) in [6, 6.07) is 8.37. The number of halogens is 1. The molecule has 36 heavy (non-hydrogen) atoms. The van der Waals surface area contributed by atoms with Crippen LogP contribution >= 0.6 is 11.6 Å². The summed E-state index contributed by atoms with van der Waals surface area (Å²) in [7, 11) is 0. The maximum atomic E-state index is 12.9. The van der Waals surface area contributed by atoms with Gasteiger partial charge in [-0.1, -0.05) is 44.5 Å². The van der Waals surface area contributed by atoms with Gasteiger partial charge in [-0.25, -0.2) is 4.68 Å². The second-order valence-electron chi connectivity index (χ2n) is 11.1. The Labute approximate surface area is 217 Å². The molecule has 3 aliphatic carbocycles. The van der Waals surface area contributed by atoms with Crippen molar-refractivity contribution in [2.45, 2.75) is 52.7 Å². The van der Waals surface area contributed by atoms with Gasteiger partial charge in [-0.2, -0.15) is 5.10 Å². The lowest BCUT2D eigenvalue weighted by Gasteiger charge is -2.62. The molecule has 3 saturated carbocycles. The molecule has 2 aromatic rings. The van der Waals surface area contributed by atoms with Gasteiger partial charge in [0.25, 0.3) is 5.56 Å². The molecule has 1 saturated heterocycles. The molecule has 6 rings (SSSR count). The van der Waals surface area contributed by atoms with Crippen LogP contribution in [0.3, 0.4) is 0 Å². The molecule has 2 bridgehead atoms. The summed E-state index contributed by atoms with van der Waals surface area (Å²) in [6.07, 6.45) is 3.92. The standard InChI is InChI=1S/C27H36ClN5O3/c1-17-21-12-19(27(21,2)3)13-22(17)31-23-15-30-33(26(35)25(23)28)16-24(34)29-14-18-5-4-6-20(11-18)32-7-9-36-10-8-32/h4-6,11,15,17,19,21-22,31H,7-10,12-14,16H2,1-3H3,(H,29,34)/t17-,19-,21+,22-/m1/s1. The van der Waals surface area contributed by atoms with Gasteiger partial charge in [0, 0.05) is 31.4 Å². The normalized spacial score (nSPS) is 26.7. The third-order valence-electron chi connectivity index (χ3n) is 8.75. The molecule has 2 heterocycles. The first-order valence-electron chi connectivity index (χ1n) is 12.9. The van der Waals surface area contributed by atoms with Crippen molar-refractivity contribution >= 4 is 28.9 Å². The second kappa shape index (κ2) is 10.1. The number of hydrogen-bond donors (Lipinski definition) is 2. The van der Waals surface area contributed by atoms with Gasteiger partial charge in [0.05, 0.1) is 25.1 Å². The number of fused-ring (bicyclic) bond motifs is 2. The Bertz CT molecular complexity index is 1180. The maximum absolute atomic E-state index is 12.9.